The molecule has 1 heterocycles. The smallest absolute Gasteiger partial charge is 0.265 e. The Hall–Kier alpha value is -2.93. The maximum atomic E-state index is 12.9. The van der Waals surface area contributed by atoms with Gasteiger partial charge in [-0.2, -0.15) is 5.10 Å². The third-order valence-electron chi connectivity index (χ3n) is 3.78. The first kappa shape index (κ1) is 17.9. The van der Waals surface area contributed by atoms with E-state index in [1.54, 1.807) is 37.3 Å². The van der Waals surface area contributed by atoms with Crippen molar-refractivity contribution in [2.45, 2.75) is 6.92 Å². The number of anilines is 1. The van der Waals surface area contributed by atoms with Crippen molar-refractivity contribution in [1.82, 2.24) is 5.43 Å². The second-order valence-corrected chi connectivity index (χ2v) is 6.06. The number of ether oxygens (including phenoxy) is 1. The molecule has 0 unspecified atom stereocenters. The lowest BCUT2D eigenvalue weighted by Crippen LogP contribution is -2.44. The average Bonchev–Trinajstić information content (AvgIpc) is 2.63. The van der Waals surface area contributed by atoms with Gasteiger partial charge in [0.25, 0.3) is 11.8 Å². The molecule has 134 valence electrons. The van der Waals surface area contributed by atoms with Crippen LogP contribution >= 0.6 is 11.6 Å². The number of amides is 2. The van der Waals surface area contributed by atoms with E-state index in [0.717, 1.165) is 0 Å². The van der Waals surface area contributed by atoms with Crippen LogP contribution in [0.3, 0.4) is 0 Å². The summed E-state index contributed by atoms with van der Waals surface area (Å²) in [5.74, 6) is -0.705. The molecule has 0 fully saturated rings. The summed E-state index contributed by atoms with van der Waals surface area (Å²) in [7, 11) is 0. The number of halogens is 2. The SMILES string of the molecule is C/C(=N\NC(=O)CN1C(=O)COc2ccc(Cl)cc21)c1ccc(F)cc1. The van der Waals surface area contributed by atoms with Gasteiger partial charge in [-0.25, -0.2) is 9.82 Å². The average molecular weight is 376 g/mol. The largest absolute Gasteiger partial charge is 0.482 e. The van der Waals surface area contributed by atoms with E-state index in [-0.39, 0.29) is 24.9 Å². The van der Waals surface area contributed by atoms with Crippen molar-refractivity contribution in [3.8, 4) is 5.75 Å². The molecule has 0 saturated heterocycles. The van der Waals surface area contributed by atoms with Gasteiger partial charge in [0, 0.05) is 5.02 Å². The van der Waals surface area contributed by atoms with E-state index in [4.69, 9.17) is 16.3 Å². The minimum atomic E-state index is -0.479. The first-order chi connectivity index (χ1) is 12.4. The van der Waals surface area contributed by atoms with Crippen LogP contribution in [-0.2, 0) is 9.59 Å². The monoisotopic (exact) mass is 375 g/mol. The fraction of sp³-hybridized carbons (Fsp3) is 0.167. The van der Waals surface area contributed by atoms with E-state index in [1.807, 2.05) is 0 Å². The number of carbonyl (C=O) groups excluding carboxylic acids is 2. The maximum absolute atomic E-state index is 12.9. The van der Waals surface area contributed by atoms with Crippen LogP contribution in [0.4, 0.5) is 10.1 Å². The van der Waals surface area contributed by atoms with E-state index in [2.05, 4.69) is 10.5 Å². The van der Waals surface area contributed by atoms with Crippen LogP contribution in [0.25, 0.3) is 0 Å². The fourth-order valence-corrected chi connectivity index (χ4v) is 2.60. The van der Waals surface area contributed by atoms with E-state index in [9.17, 15) is 14.0 Å². The Labute approximate surface area is 154 Å². The Bertz CT molecular complexity index is 884. The van der Waals surface area contributed by atoms with E-state index >= 15 is 0 Å². The maximum Gasteiger partial charge on any atom is 0.265 e. The number of nitrogens with zero attached hydrogens (tertiary/aromatic N) is 2. The zero-order valence-corrected chi connectivity index (χ0v) is 14.6. The highest BCUT2D eigenvalue weighted by Crippen LogP contribution is 2.34. The predicted octanol–water partition coefficient (Wildman–Crippen LogP) is 2.74. The van der Waals surface area contributed by atoms with Crippen LogP contribution in [0.15, 0.2) is 47.6 Å². The molecular weight excluding hydrogens is 361 g/mol. The van der Waals surface area contributed by atoms with Gasteiger partial charge in [-0.3, -0.25) is 14.5 Å². The van der Waals surface area contributed by atoms with Gasteiger partial charge in [0.1, 0.15) is 18.1 Å². The Morgan fingerprint density at radius 3 is 2.77 bits per heavy atom. The molecule has 1 N–H and O–H groups in total. The molecule has 0 saturated carbocycles. The summed E-state index contributed by atoms with van der Waals surface area (Å²) < 4.78 is 18.3. The number of hydrazone groups is 1. The predicted molar refractivity (Wildman–Crippen MR) is 96.1 cm³/mol. The van der Waals surface area contributed by atoms with Gasteiger partial charge >= 0.3 is 0 Å². The fourth-order valence-electron chi connectivity index (χ4n) is 2.43. The number of rotatable bonds is 4. The molecule has 8 heteroatoms. The highest BCUT2D eigenvalue weighted by Gasteiger charge is 2.27. The first-order valence-corrected chi connectivity index (χ1v) is 8.13. The molecule has 2 amide bonds. The number of hydrogen-bond donors (Lipinski definition) is 1. The van der Waals surface area contributed by atoms with Crippen LogP contribution in [0.2, 0.25) is 5.02 Å². The van der Waals surface area contributed by atoms with E-state index < -0.39 is 5.91 Å². The summed E-state index contributed by atoms with van der Waals surface area (Å²) in [6.45, 7) is 1.30. The van der Waals surface area contributed by atoms with Gasteiger partial charge in [0.05, 0.1) is 11.4 Å². The zero-order valence-electron chi connectivity index (χ0n) is 13.8. The van der Waals surface area contributed by atoms with Gasteiger partial charge in [-0.05, 0) is 42.8 Å². The zero-order chi connectivity index (χ0) is 18.7. The lowest BCUT2D eigenvalue weighted by Gasteiger charge is -2.28. The molecule has 6 nitrogen and oxygen atoms in total. The van der Waals surface area contributed by atoms with Crippen LogP contribution in [0, 0.1) is 5.82 Å². The summed E-state index contributed by atoms with van der Waals surface area (Å²) in [5.41, 5.74) is 4.01. The molecule has 0 atom stereocenters. The quantitative estimate of drug-likeness (QED) is 0.659. The van der Waals surface area contributed by atoms with Gasteiger partial charge in [-0.15, -0.1) is 0 Å². The van der Waals surface area contributed by atoms with Crippen molar-refractivity contribution in [2.24, 2.45) is 5.10 Å². The molecule has 26 heavy (non-hydrogen) atoms. The topological polar surface area (TPSA) is 71.0 Å². The van der Waals surface area contributed by atoms with Crippen molar-refractivity contribution < 1.29 is 18.7 Å². The van der Waals surface area contributed by atoms with Gasteiger partial charge in [0.15, 0.2) is 6.61 Å². The van der Waals surface area contributed by atoms with Crippen molar-refractivity contribution in [3.63, 3.8) is 0 Å². The normalized spacial score (nSPS) is 13.9. The lowest BCUT2D eigenvalue weighted by molar-refractivity contribution is -0.125. The van der Waals surface area contributed by atoms with Gasteiger partial charge in [-0.1, -0.05) is 23.7 Å². The number of nitrogens with one attached hydrogen (secondary N) is 1. The molecule has 0 radical (unpaired) electrons. The Balaban J connectivity index is 1.70. The van der Waals surface area contributed by atoms with Crippen molar-refractivity contribution in [1.29, 1.82) is 0 Å². The Morgan fingerprint density at radius 2 is 2.04 bits per heavy atom. The molecule has 0 bridgehead atoms. The second-order valence-electron chi connectivity index (χ2n) is 5.62. The molecule has 3 rings (SSSR count). The van der Waals surface area contributed by atoms with E-state index in [1.165, 1.54) is 17.0 Å². The number of benzene rings is 2. The first-order valence-electron chi connectivity index (χ1n) is 7.76. The summed E-state index contributed by atoms with van der Waals surface area (Å²) in [4.78, 5) is 25.6. The summed E-state index contributed by atoms with van der Waals surface area (Å²) in [6.07, 6.45) is 0. The Morgan fingerprint density at radius 1 is 1.31 bits per heavy atom. The second kappa shape index (κ2) is 7.53. The van der Waals surface area contributed by atoms with Gasteiger partial charge in [0.2, 0.25) is 0 Å². The van der Waals surface area contributed by atoms with Crippen molar-refractivity contribution >= 4 is 34.8 Å². The minimum absolute atomic E-state index is 0.153. The molecule has 1 aliphatic heterocycles. The third kappa shape index (κ3) is 4.00. The van der Waals surface area contributed by atoms with Crippen LogP contribution in [-0.4, -0.2) is 30.7 Å². The summed E-state index contributed by atoms with van der Waals surface area (Å²) >= 11 is 5.97. The van der Waals surface area contributed by atoms with Crippen molar-refractivity contribution in [2.75, 3.05) is 18.1 Å². The Kier molecular flexibility index (Phi) is 5.18. The molecule has 0 aliphatic carbocycles. The van der Waals surface area contributed by atoms with Gasteiger partial charge < -0.3 is 4.74 Å². The number of hydrogen-bond acceptors (Lipinski definition) is 4. The molecule has 2 aromatic carbocycles. The molecule has 2 aromatic rings. The minimum Gasteiger partial charge on any atom is -0.482 e. The van der Waals surface area contributed by atoms with Crippen LogP contribution < -0.4 is 15.1 Å². The number of carbonyl (C=O) groups is 2. The summed E-state index contributed by atoms with van der Waals surface area (Å²) in [5, 5.41) is 4.42. The molecule has 1 aliphatic rings. The molecule has 0 aromatic heterocycles. The summed E-state index contributed by atoms with van der Waals surface area (Å²) in [6, 6.07) is 10.6. The lowest BCUT2D eigenvalue weighted by atomic mass is 10.1. The highest BCUT2D eigenvalue weighted by atomic mass is 35.5. The van der Waals surface area contributed by atoms with Crippen molar-refractivity contribution in [3.05, 3.63) is 58.9 Å². The van der Waals surface area contributed by atoms with Crippen LogP contribution in [0.1, 0.15) is 12.5 Å². The third-order valence-corrected chi connectivity index (χ3v) is 4.01. The number of fused-ring (bicyclic) bond motifs is 1. The molecule has 0 spiro atoms. The highest BCUT2D eigenvalue weighted by molar-refractivity contribution is 6.31. The van der Waals surface area contributed by atoms with E-state index in [0.29, 0.717) is 27.7 Å². The van der Waals surface area contributed by atoms with Crippen LogP contribution in [0.5, 0.6) is 5.75 Å². The molecular formula is C18H15ClFN3O3. The standard InChI is InChI=1S/C18H15ClFN3O3/c1-11(12-2-5-14(20)6-3-12)21-22-17(24)9-23-15-8-13(19)4-7-16(15)26-10-18(23)25/h2-8H,9-10H2,1H3,(H,22,24)/b21-11+.